The van der Waals surface area contributed by atoms with E-state index in [0.29, 0.717) is 0 Å². The van der Waals surface area contributed by atoms with Crippen molar-refractivity contribution in [3.05, 3.63) is 42.5 Å². The van der Waals surface area contributed by atoms with Gasteiger partial charge in [-0.3, -0.25) is 0 Å². The van der Waals surface area contributed by atoms with E-state index in [4.69, 9.17) is 0 Å². The molecule has 0 radical (unpaired) electrons. The molecule has 3 aromatic rings. The molecule has 8 heteroatoms. The molecule has 1 aromatic carbocycles. The van der Waals surface area contributed by atoms with E-state index < -0.39 is 0 Å². The first-order chi connectivity index (χ1) is 10.3. The van der Waals surface area contributed by atoms with Gasteiger partial charge in [-0.05, 0) is 29.0 Å². The Kier molecular flexibility index (Phi) is 4.25. The molecule has 7 nitrogen and oxygen atoms in total. The van der Waals surface area contributed by atoms with Crippen LogP contribution >= 0.6 is 11.8 Å². The number of tetrazole rings is 1. The minimum atomic E-state index is 0.826. The van der Waals surface area contributed by atoms with Gasteiger partial charge in [-0.25, -0.2) is 0 Å². The Hall–Kier alpha value is -2.22. The van der Waals surface area contributed by atoms with Gasteiger partial charge in [-0.15, -0.1) is 15.3 Å². The molecular weight excluding hydrogens is 286 g/mol. The molecule has 0 aliphatic carbocycles. The highest BCUT2D eigenvalue weighted by atomic mass is 32.2. The van der Waals surface area contributed by atoms with Crippen molar-refractivity contribution in [1.82, 2.24) is 35.0 Å². The third kappa shape index (κ3) is 3.27. The third-order valence-electron chi connectivity index (χ3n) is 2.98. The van der Waals surface area contributed by atoms with Crippen LogP contribution in [-0.2, 0) is 13.5 Å². The van der Waals surface area contributed by atoms with Crippen molar-refractivity contribution in [1.29, 1.82) is 0 Å². The van der Waals surface area contributed by atoms with E-state index in [2.05, 4.69) is 25.7 Å². The number of benzene rings is 1. The molecule has 0 saturated carbocycles. The smallest absolute Gasteiger partial charge is 0.190 e. The topological polar surface area (TPSA) is 74.3 Å². The lowest BCUT2D eigenvalue weighted by atomic mass is 10.3. The van der Waals surface area contributed by atoms with Gasteiger partial charge in [0.25, 0.3) is 0 Å². The summed E-state index contributed by atoms with van der Waals surface area (Å²) in [6, 6.07) is 9.92. The fourth-order valence-electron chi connectivity index (χ4n) is 1.93. The SMILES string of the molecule is Cn1cnnc1SCCCc1nnnn1-c1ccccc1. The van der Waals surface area contributed by atoms with Crippen LogP contribution in [0.1, 0.15) is 12.2 Å². The lowest BCUT2D eigenvalue weighted by Gasteiger charge is -2.04. The van der Waals surface area contributed by atoms with Gasteiger partial charge in [0.05, 0.1) is 5.69 Å². The van der Waals surface area contributed by atoms with Gasteiger partial charge < -0.3 is 4.57 Å². The number of thioether (sulfide) groups is 1. The molecule has 0 N–H and O–H groups in total. The number of nitrogens with zero attached hydrogens (tertiary/aromatic N) is 7. The summed E-state index contributed by atoms with van der Waals surface area (Å²) in [6.45, 7) is 0. The fraction of sp³-hybridized carbons (Fsp3) is 0.308. The second kappa shape index (κ2) is 6.49. The Bertz CT molecular complexity index is 691. The average molecular weight is 301 g/mol. The van der Waals surface area contributed by atoms with Crippen LogP contribution in [-0.4, -0.2) is 40.7 Å². The van der Waals surface area contributed by atoms with E-state index in [0.717, 1.165) is 35.3 Å². The quantitative estimate of drug-likeness (QED) is 0.507. The molecule has 0 amide bonds. The first-order valence-electron chi connectivity index (χ1n) is 6.64. The Morgan fingerprint density at radius 2 is 2.00 bits per heavy atom. The summed E-state index contributed by atoms with van der Waals surface area (Å²) in [5, 5.41) is 20.8. The Balaban J connectivity index is 1.57. The molecule has 3 rings (SSSR count). The van der Waals surface area contributed by atoms with E-state index in [-0.39, 0.29) is 0 Å². The van der Waals surface area contributed by atoms with E-state index in [1.165, 1.54) is 0 Å². The van der Waals surface area contributed by atoms with Gasteiger partial charge in [-0.2, -0.15) is 4.68 Å². The first-order valence-corrected chi connectivity index (χ1v) is 7.62. The molecule has 0 fully saturated rings. The van der Waals surface area contributed by atoms with Crippen molar-refractivity contribution in [3.63, 3.8) is 0 Å². The largest absolute Gasteiger partial charge is 0.312 e. The molecular formula is C13H15N7S. The summed E-state index contributed by atoms with van der Waals surface area (Å²) >= 11 is 1.69. The predicted octanol–water partition coefficient (Wildman–Crippen LogP) is 1.52. The minimum absolute atomic E-state index is 0.826. The lowest BCUT2D eigenvalue weighted by molar-refractivity contribution is 0.745. The maximum atomic E-state index is 4.10. The summed E-state index contributed by atoms with van der Waals surface area (Å²) in [5.74, 6) is 1.83. The highest BCUT2D eigenvalue weighted by Gasteiger charge is 2.08. The van der Waals surface area contributed by atoms with Crippen LogP contribution in [0.3, 0.4) is 0 Å². The van der Waals surface area contributed by atoms with E-state index in [9.17, 15) is 0 Å². The number of aryl methyl sites for hydroxylation is 2. The van der Waals surface area contributed by atoms with E-state index >= 15 is 0 Å². The summed E-state index contributed by atoms with van der Waals surface area (Å²) in [6.07, 6.45) is 3.51. The van der Waals surface area contributed by atoms with Gasteiger partial charge in [0, 0.05) is 19.2 Å². The average Bonchev–Trinajstić information content (AvgIpc) is 3.14. The molecule has 0 bridgehead atoms. The van der Waals surface area contributed by atoms with Crippen LogP contribution in [0.25, 0.3) is 5.69 Å². The number of aromatic nitrogens is 7. The third-order valence-corrected chi connectivity index (χ3v) is 4.10. The maximum Gasteiger partial charge on any atom is 0.190 e. The Morgan fingerprint density at radius 1 is 1.14 bits per heavy atom. The van der Waals surface area contributed by atoms with Crippen LogP contribution in [0, 0.1) is 0 Å². The molecule has 0 atom stereocenters. The maximum absolute atomic E-state index is 4.10. The van der Waals surface area contributed by atoms with E-state index in [1.54, 1.807) is 22.8 Å². The summed E-state index contributed by atoms with van der Waals surface area (Å²) in [4.78, 5) is 0. The van der Waals surface area contributed by atoms with Crippen LogP contribution in [0.15, 0.2) is 41.8 Å². The minimum Gasteiger partial charge on any atom is -0.312 e. The molecule has 21 heavy (non-hydrogen) atoms. The van der Waals surface area contributed by atoms with E-state index in [1.807, 2.05) is 41.9 Å². The van der Waals surface area contributed by atoms with Crippen molar-refractivity contribution in [3.8, 4) is 5.69 Å². The van der Waals surface area contributed by atoms with Gasteiger partial charge >= 0.3 is 0 Å². The van der Waals surface area contributed by atoms with Gasteiger partial charge in [0.2, 0.25) is 0 Å². The van der Waals surface area contributed by atoms with Crippen LogP contribution < -0.4 is 0 Å². The van der Waals surface area contributed by atoms with Crippen molar-refractivity contribution < 1.29 is 0 Å². The van der Waals surface area contributed by atoms with Crippen LogP contribution in [0.2, 0.25) is 0 Å². The first kappa shape index (κ1) is 13.7. The standard InChI is InChI=1S/C13H15N7S/c1-19-10-14-16-13(19)21-9-5-8-12-15-17-18-20(12)11-6-3-2-4-7-11/h2-4,6-7,10H,5,8-9H2,1H3. The number of rotatable bonds is 6. The molecule has 0 unspecified atom stereocenters. The zero-order valence-electron chi connectivity index (χ0n) is 11.6. The number of para-hydroxylation sites is 1. The lowest BCUT2D eigenvalue weighted by Crippen LogP contribution is -2.03. The number of hydrogen-bond acceptors (Lipinski definition) is 6. The monoisotopic (exact) mass is 301 g/mol. The van der Waals surface area contributed by atoms with Crippen LogP contribution in [0.4, 0.5) is 0 Å². The molecule has 0 spiro atoms. The summed E-state index contributed by atoms with van der Waals surface area (Å²) in [5.41, 5.74) is 0.985. The van der Waals surface area contributed by atoms with Crippen molar-refractivity contribution >= 4 is 11.8 Å². The fourth-order valence-corrected chi connectivity index (χ4v) is 2.76. The molecule has 0 aliphatic heterocycles. The summed E-state index contributed by atoms with van der Waals surface area (Å²) in [7, 11) is 1.94. The normalized spacial score (nSPS) is 10.9. The molecule has 0 saturated heterocycles. The zero-order chi connectivity index (χ0) is 14.5. The highest BCUT2D eigenvalue weighted by Crippen LogP contribution is 2.16. The van der Waals surface area contributed by atoms with Gasteiger partial charge in [-0.1, -0.05) is 30.0 Å². The van der Waals surface area contributed by atoms with Crippen molar-refractivity contribution in [2.75, 3.05) is 5.75 Å². The molecule has 0 aliphatic rings. The van der Waals surface area contributed by atoms with Gasteiger partial charge in [0.15, 0.2) is 11.0 Å². The second-order valence-corrected chi connectivity index (χ2v) is 5.58. The predicted molar refractivity (Wildman–Crippen MR) is 79.2 cm³/mol. The van der Waals surface area contributed by atoms with Crippen LogP contribution in [0.5, 0.6) is 0 Å². The van der Waals surface area contributed by atoms with Crippen molar-refractivity contribution in [2.24, 2.45) is 7.05 Å². The molecule has 2 aromatic heterocycles. The molecule has 108 valence electrons. The van der Waals surface area contributed by atoms with Gasteiger partial charge in [0.1, 0.15) is 6.33 Å². The molecule has 2 heterocycles. The summed E-state index contributed by atoms with van der Waals surface area (Å²) < 4.78 is 3.70. The number of hydrogen-bond donors (Lipinski definition) is 0. The second-order valence-electron chi connectivity index (χ2n) is 4.52. The highest BCUT2D eigenvalue weighted by molar-refractivity contribution is 7.99. The van der Waals surface area contributed by atoms with Crippen molar-refractivity contribution in [2.45, 2.75) is 18.0 Å². The Labute approximate surface area is 126 Å². The zero-order valence-corrected chi connectivity index (χ0v) is 12.4. The Morgan fingerprint density at radius 3 is 2.76 bits per heavy atom.